The van der Waals surface area contributed by atoms with Gasteiger partial charge in [-0.2, -0.15) is 5.10 Å². The molecule has 0 spiro atoms. The van der Waals surface area contributed by atoms with E-state index < -0.39 is 0 Å². The fourth-order valence-corrected chi connectivity index (χ4v) is 3.11. The SMILES string of the molecule is COCCn1c(-c2ccnn2C)nnc1N1CCc2nccnc2C1. The molecule has 0 aromatic carbocycles. The van der Waals surface area contributed by atoms with Crippen molar-refractivity contribution in [2.45, 2.75) is 19.5 Å². The number of nitrogens with zero attached hydrogens (tertiary/aromatic N) is 8. The number of methoxy groups -OCH3 is 1. The minimum absolute atomic E-state index is 0.583. The molecule has 0 aliphatic carbocycles. The van der Waals surface area contributed by atoms with E-state index in [1.807, 2.05) is 13.1 Å². The lowest BCUT2D eigenvalue weighted by Crippen LogP contribution is -2.34. The van der Waals surface area contributed by atoms with Gasteiger partial charge in [0.15, 0.2) is 5.82 Å². The normalized spacial score (nSPS) is 13.9. The summed E-state index contributed by atoms with van der Waals surface area (Å²) >= 11 is 0. The van der Waals surface area contributed by atoms with Crippen molar-refractivity contribution in [3.05, 3.63) is 36.0 Å². The van der Waals surface area contributed by atoms with Gasteiger partial charge in [-0.05, 0) is 6.07 Å². The molecule has 0 fully saturated rings. The summed E-state index contributed by atoms with van der Waals surface area (Å²) in [5.74, 6) is 1.61. The predicted molar refractivity (Wildman–Crippen MR) is 90.9 cm³/mol. The lowest BCUT2D eigenvalue weighted by atomic mass is 10.1. The van der Waals surface area contributed by atoms with Gasteiger partial charge in [0, 0.05) is 45.7 Å². The second-order valence-corrected chi connectivity index (χ2v) is 5.93. The summed E-state index contributed by atoms with van der Waals surface area (Å²) in [6.07, 6.45) is 6.09. The van der Waals surface area contributed by atoms with Gasteiger partial charge in [0.1, 0.15) is 5.69 Å². The van der Waals surface area contributed by atoms with Crippen LogP contribution < -0.4 is 4.90 Å². The Kier molecular flexibility index (Phi) is 4.14. The average Bonchev–Trinajstić information content (AvgIpc) is 3.25. The molecule has 4 rings (SSSR count). The summed E-state index contributed by atoms with van der Waals surface area (Å²) in [4.78, 5) is 11.1. The van der Waals surface area contributed by atoms with E-state index in [0.717, 1.165) is 41.8 Å². The first-order valence-corrected chi connectivity index (χ1v) is 8.22. The van der Waals surface area contributed by atoms with Gasteiger partial charge >= 0.3 is 0 Å². The fourth-order valence-electron chi connectivity index (χ4n) is 3.11. The Hall–Kier alpha value is -2.81. The summed E-state index contributed by atoms with van der Waals surface area (Å²) in [5, 5.41) is 13.1. The molecule has 0 radical (unpaired) electrons. The molecule has 0 unspecified atom stereocenters. The van der Waals surface area contributed by atoms with Gasteiger partial charge < -0.3 is 9.64 Å². The maximum Gasteiger partial charge on any atom is 0.228 e. The number of hydrogen-bond donors (Lipinski definition) is 0. The molecule has 0 saturated carbocycles. The van der Waals surface area contributed by atoms with E-state index in [2.05, 4.69) is 34.7 Å². The molecule has 130 valence electrons. The summed E-state index contributed by atoms with van der Waals surface area (Å²) < 4.78 is 9.16. The Morgan fingerprint density at radius 1 is 1.12 bits per heavy atom. The van der Waals surface area contributed by atoms with Crippen LogP contribution in [0.4, 0.5) is 5.95 Å². The Balaban J connectivity index is 1.70. The second-order valence-electron chi connectivity index (χ2n) is 5.93. The predicted octanol–water partition coefficient (Wildman–Crippen LogP) is 0.678. The molecule has 0 N–H and O–H groups in total. The average molecular weight is 340 g/mol. The number of hydrogen-bond acceptors (Lipinski definition) is 7. The van der Waals surface area contributed by atoms with Gasteiger partial charge in [0.05, 0.1) is 31.1 Å². The molecule has 9 nitrogen and oxygen atoms in total. The molecule has 0 atom stereocenters. The van der Waals surface area contributed by atoms with Crippen molar-refractivity contribution < 1.29 is 4.74 Å². The number of rotatable bonds is 5. The molecule has 3 aromatic heterocycles. The molecule has 0 bridgehead atoms. The van der Waals surface area contributed by atoms with Crippen molar-refractivity contribution in [2.75, 3.05) is 25.2 Å². The molecule has 0 saturated heterocycles. The highest BCUT2D eigenvalue weighted by atomic mass is 16.5. The van der Waals surface area contributed by atoms with E-state index >= 15 is 0 Å². The van der Waals surface area contributed by atoms with Crippen molar-refractivity contribution in [3.8, 4) is 11.5 Å². The van der Waals surface area contributed by atoms with Crippen LogP contribution in [0.1, 0.15) is 11.4 Å². The van der Waals surface area contributed by atoms with Gasteiger partial charge in [-0.15, -0.1) is 10.2 Å². The summed E-state index contributed by atoms with van der Waals surface area (Å²) in [6.45, 7) is 2.77. The molecule has 4 heterocycles. The Morgan fingerprint density at radius 3 is 2.72 bits per heavy atom. The van der Waals surface area contributed by atoms with Crippen molar-refractivity contribution >= 4 is 5.95 Å². The number of fused-ring (bicyclic) bond motifs is 1. The van der Waals surface area contributed by atoms with Crippen molar-refractivity contribution in [3.63, 3.8) is 0 Å². The molecule has 9 heteroatoms. The maximum absolute atomic E-state index is 5.28. The summed E-state index contributed by atoms with van der Waals surface area (Å²) in [6, 6.07) is 1.94. The quantitative estimate of drug-likeness (QED) is 0.675. The van der Waals surface area contributed by atoms with E-state index in [1.54, 1.807) is 30.4 Å². The third kappa shape index (κ3) is 2.86. The second kappa shape index (κ2) is 6.60. The van der Waals surface area contributed by atoms with Crippen LogP contribution in [0.2, 0.25) is 0 Å². The van der Waals surface area contributed by atoms with Gasteiger partial charge in [-0.1, -0.05) is 0 Å². The van der Waals surface area contributed by atoms with Crippen LogP contribution in [0.15, 0.2) is 24.7 Å². The lowest BCUT2D eigenvalue weighted by molar-refractivity contribution is 0.187. The third-order valence-corrected chi connectivity index (χ3v) is 4.40. The topological polar surface area (TPSA) is 86.8 Å². The van der Waals surface area contributed by atoms with E-state index in [-0.39, 0.29) is 0 Å². The van der Waals surface area contributed by atoms with Crippen LogP contribution in [0.5, 0.6) is 0 Å². The highest BCUT2D eigenvalue weighted by Crippen LogP contribution is 2.25. The van der Waals surface area contributed by atoms with E-state index in [9.17, 15) is 0 Å². The minimum atomic E-state index is 0.583. The van der Waals surface area contributed by atoms with Gasteiger partial charge in [0.2, 0.25) is 5.95 Å². The Bertz CT molecular complexity index is 871. The molecule has 1 aliphatic heterocycles. The number of ether oxygens (including phenoxy) is 1. The molecule has 1 aliphatic rings. The first-order chi connectivity index (χ1) is 12.3. The van der Waals surface area contributed by atoms with Gasteiger partial charge in [-0.25, -0.2) is 0 Å². The van der Waals surface area contributed by atoms with Crippen molar-refractivity contribution in [1.82, 2.24) is 34.5 Å². The first kappa shape index (κ1) is 15.7. The van der Waals surface area contributed by atoms with E-state index in [4.69, 9.17) is 4.74 Å². The highest BCUT2D eigenvalue weighted by molar-refractivity contribution is 5.53. The van der Waals surface area contributed by atoms with Gasteiger partial charge in [0.25, 0.3) is 0 Å². The molecule has 3 aromatic rings. The molecule has 0 amide bonds. The minimum Gasteiger partial charge on any atom is -0.383 e. The van der Waals surface area contributed by atoms with Crippen LogP contribution in [-0.4, -0.2) is 54.8 Å². The Morgan fingerprint density at radius 2 is 1.96 bits per heavy atom. The zero-order valence-corrected chi connectivity index (χ0v) is 14.3. The van der Waals surface area contributed by atoms with Gasteiger partial charge in [-0.3, -0.25) is 19.2 Å². The molecular weight excluding hydrogens is 320 g/mol. The molecular formula is C16H20N8O. The largest absolute Gasteiger partial charge is 0.383 e. The monoisotopic (exact) mass is 340 g/mol. The summed E-state index contributed by atoms with van der Waals surface area (Å²) in [7, 11) is 3.59. The maximum atomic E-state index is 5.28. The fraction of sp³-hybridized carbons (Fsp3) is 0.438. The molecule has 25 heavy (non-hydrogen) atoms. The number of aromatic nitrogens is 7. The highest BCUT2D eigenvalue weighted by Gasteiger charge is 2.25. The van der Waals surface area contributed by atoms with Crippen molar-refractivity contribution in [2.24, 2.45) is 7.05 Å². The van der Waals surface area contributed by atoms with Crippen LogP contribution in [0.3, 0.4) is 0 Å². The lowest BCUT2D eigenvalue weighted by Gasteiger charge is -2.28. The zero-order valence-electron chi connectivity index (χ0n) is 14.3. The standard InChI is InChI=1S/C16H20N8O/c1-22-14(3-5-19-22)15-20-21-16(24(15)9-10-25-2)23-8-4-12-13(11-23)18-7-6-17-12/h3,5-7H,4,8-11H2,1-2H3. The smallest absolute Gasteiger partial charge is 0.228 e. The third-order valence-electron chi connectivity index (χ3n) is 4.40. The first-order valence-electron chi connectivity index (χ1n) is 8.22. The Labute approximate surface area is 145 Å². The van der Waals surface area contributed by atoms with Crippen LogP contribution in [0, 0.1) is 0 Å². The van der Waals surface area contributed by atoms with Crippen LogP contribution in [0.25, 0.3) is 11.5 Å². The van der Waals surface area contributed by atoms with Crippen LogP contribution >= 0.6 is 0 Å². The zero-order chi connectivity index (χ0) is 17.2. The van der Waals surface area contributed by atoms with E-state index in [1.165, 1.54) is 0 Å². The van der Waals surface area contributed by atoms with E-state index in [0.29, 0.717) is 19.7 Å². The number of anilines is 1. The number of aryl methyl sites for hydroxylation is 1. The summed E-state index contributed by atoms with van der Waals surface area (Å²) in [5.41, 5.74) is 2.98. The van der Waals surface area contributed by atoms with Crippen LogP contribution in [-0.2, 0) is 31.3 Å². The van der Waals surface area contributed by atoms with Crippen molar-refractivity contribution in [1.29, 1.82) is 0 Å².